The van der Waals surface area contributed by atoms with Gasteiger partial charge in [0, 0.05) is 25.0 Å². The molecule has 0 bridgehead atoms. The number of nitrogens with zero attached hydrogens (tertiary/aromatic N) is 3. The largest absolute Gasteiger partial charge is 0.341 e. The second-order valence-corrected chi connectivity index (χ2v) is 10.6. The van der Waals surface area contributed by atoms with E-state index < -0.39 is 0 Å². The van der Waals surface area contributed by atoms with Crippen LogP contribution in [0.1, 0.15) is 44.1 Å². The Kier molecular flexibility index (Phi) is 5.10. The van der Waals surface area contributed by atoms with E-state index in [2.05, 4.69) is 13.8 Å². The quantitative estimate of drug-likeness (QED) is 0.580. The Labute approximate surface area is 168 Å². The summed E-state index contributed by atoms with van der Waals surface area (Å²) in [6.45, 7) is 8.02. The molecule has 3 unspecified atom stereocenters. The lowest BCUT2D eigenvalue weighted by molar-refractivity contribution is -0.132. The van der Waals surface area contributed by atoms with E-state index in [-0.39, 0.29) is 16.7 Å². The number of carbonyl (C=O) groups excluding carboxylic acids is 1. The van der Waals surface area contributed by atoms with Gasteiger partial charge in [0.1, 0.15) is 4.83 Å². The third-order valence-electron chi connectivity index (χ3n) is 5.72. The highest BCUT2D eigenvalue weighted by Crippen LogP contribution is 2.36. The molecule has 0 radical (unpaired) electrons. The van der Waals surface area contributed by atoms with Gasteiger partial charge in [0.2, 0.25) is 5.91 Å². The van der Waals surface area contributed by atoms with Crippen LogP contribution >= 0.6 is 23.1 Å². The van der Waals surface area contributed by atoms with Gasteiger partial charge in [0.15, 0.2) is 5.16 Å². The summed E-state index contributed by atoms with van der Waals surface area (Å²) in [5, 5.41) is 1.20. The van der Waals surface area contributed by atoms with Crippen molar-refractivity contribution in [2.24, 2.45) is 18.9 Å². The Morgan fingerprint density at radius 2 is 1.96 bits per heavy atom. The van der Waals surface area contributed by atoms with Crippen LogP contribution in [0.3, 0.4) is 0 Å². The fraction of sp³-hybridized carbons (Fsp3) is 0.650. The summed E-state index contributed by atoms with van der Waals surface area (Å²) in [7, 11) is 1.78. The minimum absolute atomic E-state index is 0.0294. The standard InChI is InChI=1S/C20H27N3O2S2/c1-11-8-12(2)10-23(9-11)18(24)13(3)26-20-21-17-16(19(25)22(20)4)14-6-5-7-15(14)27-17/h11-13H,5-10H2,1-4H3. The second kappa shape index (κ2) is 7.24. The number of hydrogen-bond donors (Lipinski definition) is 0. The van der Waals surface area contributed by atoms with Crippen LogP contribution in [0.4, 0.5) is 0 Å². The number of carbonyl (C=O) groups is 1. The first kappa shape index (κ1) is 19.0. The molecule has 1 saturated heterocycles. The van der Waals surface area contributed by atoms with Crippen molar-refractivity contribution in [3.63, 3.8) is 0 Å². The first-order valence-corrected chi connectivity index (χ1v) is 11.5. The van der Waals surface area contributed by atoms with Crippen molar-refractivity contribution in [3.05, 3.63) is 20.8 Å². The summed E-state index contributed by atoms with van der Waals surface area (Å²) >= 11 is 3.07. The Morgan fingerprint density at radius 1 is 1.26 bits per heavy atom. The van der Waals surface area contributed by atoms with Gasteiger partial charge in [-0.2, -0.15) is 0 Å². The monoisotopic (exact) mass is 405 g/mol. The van der Waals surface area contributed by atoms with Crippen LogP contribution in [0.5, 0.6) is 0 Å². The molecule has 1 amide bonds. The summed E-state index contributed by atoms with van der Waals surface area (Å²) < 4.78 is 1.63. The second-order valence-electron chi connectivity index (χ2n) is 8.25. The summed E-state index contributed by atoms with van der Waals surface area (Å²) in [6.07, 6.45) is 4.36. The fourth-order valence-corrected chi connectivity index (χ4v) is 6.78. The lowest BCUT2D eigenvalue weighted by atomic mass is 9.92. The van der Waals surface area contributed by atoms with Gasteiger partial charge in [-0.05, 0) is 50.0 Å². The van der Waals surface area contributed by atoms with Crippen LogP contribution in [0.25, 0.3) is 10.2 Å². The van der Waals surface area contributed by atoms with E-state index in [9.17, 15) is 9.59 Å². The van der Waals surface area contributed by atoms with Gasteiger partial charge in [-0.3, -0.25) is 14.2 Å². The Hall–Kier alpha value is -1.34. The maximum absolute atomic E-state index is 13.0. The van der Waals surface area contributed by atoms with Crippen LogP contribution in [-0.2, 0) is 24.7 Å². The molecule has 4 rings (SSSR count). The molecule has 0 saturated carbocycles. The first-order chi connectivity index (χ1) is 12.8. The molecule has 2 aromatic rings. The molecule has 0 aromatic carbocycles. The Morgan fingerprint density at radius 3 is 2.67 bits per heavy atom. The highest BCUT2D eigenvalue weighted by molar-refractivity contribution is 8.00. The van der Waals surface area contributed by atoms with Gasteiger partial charge < -0.3 is 4.90 Å². The van der Waals surface area contributed by atoms with Gasteiger partial charge in [-0.25, -0.2) is 4.98 Å². The van der Waals surface area contributed by atoms with Crippen LogP contribution in [-0.4, -0.2) is 38.7 Å². The maximum atomic E-state index is 13.0. The maximum Gasteiger partial charge on any atom is 0.262 e. The molecule has 5 nitrogen and oxygen atoms in total. The van der Waals surface area contributed by atoms with Crippen molar-refractivity contribution >= 4 is 39.2 Å². The minimum atomic E-state index is -0.246. The van der Waals surface area contributed by atoms with Crippen LogP contribution in [0.2, 0.25) is 0 Å². The Bertz CT molecular complexity index is 939. The van der Waals surface area contributed by atoms with Crippen molar-refractivity contribution in [1.82, 2.24) is 14.5 Å². The van der Waals surface area contributed by atoms with E-state index in [4.69, 9.17) is 4.98 Å². The zero-order chi connectivity index (χ0) is 19.3. The third kappa shape index (κ3) is 3.44. The first-order valence-electron chi connectivity index (χ1n) is 9.81. The van der Waals surface area contributed by atoms with E-state index >= 15 is 0 Å². The number of fused-ring (bicyclic) bond motifs is 3. The van der Waals surface area contributed by atoms with Crippen molar-refractivity contribution in [2.45, 2.75) is 56.9 Å². The van der Waals surface area contributed by atoms with Gasteiger partial charge in [0.05, 0.1) is 10.6 Å². The molecule has 1 aliphatic carbocycles. The highest BCUT2D eigenvalue weighted by Gasteiger charge is 2.30. The number of rotatable bonds is 3. The van der Waals surface area contributed by atoms with Crippen molar-refractivity contribution < 1.29 is 4.79 Å². The Balaban J connectivity index is 1.59. The number of likely N-dealkylation sites (tertiary alicyclic amines) is 1. The number of thioether (sulfide) groups is 1. The topological polar surface area (TPSA) is 55.2 Å². The summed E-state index contributed by atoms with van der Waals surface area (Å²) in [5.41, 5.74) is 1.24. The molecule has 0 N–H and O–H groups in total. The van der Waals surface area contributed by atoms with Crippen molar-refractivity contribution in [2.75, 3.05) is 13.1 Å². The van der Waals surface area contributed by atoms with Gasteiger partial charge in [-0.15, -0.1) is 11.3 Å². The molecular formula is C20H27N3O2S2. The average molecular weight is 406 g/mol. The molecule has 2 aliphatic rings. The van der Waals surface area contributed by atoms with Gasteiger partial charge in [0.25, 0.3) is 5.56 Å². The van der Waals surface area contributed by atoms with Gasteiger partial charge in [-0.1, -0.05) is 25.6 Å². The van der Waals surface area contributed by atoms with Crippen LogP contribution < -0.4 is 5.56 Å². The fourth-order valence-electron chi connectivity index (χ4n) is 4.52. The molecule has 2 aromatic heterocycles. The number of piperidine rings is 1. The van der Waals surface area contributed by atoms with Gasteiger partial charge >= 0.3 is 0 Å². The predicted molar refractivity (Wildman–Crippen MR) is 112 cm³/mol. The number of amides is 1. The number of aryl methyl sites for hydroxylation is 2. The summed E-state index contributed by atoms with van der Waals surface area (Å²) in [5.74, 6) is 1.24. The third-order valence-corrected chi connectivity index (χ3v) is 8.03. The molecule has 1 aliphatic heterocycles. The normalized spacial score (nSPS) is 23.6. The van der Waals surface area contributed by atoms with E-state index in [1.807, 2.05) is 11.8 Å². The highest BCUT2D eigenvalue weighted by atomic mass is 32.2. The van der Waals surface area contributed by atoms with E-state index in [1.54, 1.807) is 23.0 Å². The molecule has 7 heteroatoms. The van der Waals surface area contributed by atoms with Crippen LogP contribution in [0.15, 0.2) is 9.95 Å². The minimum Gasteiger partial charge on any atom is -0.341 e. The SMILES string of the molecule is CC1CC(C)CN(C(=O)C(C)Sc2nc3sc4c(c3c(=O)n2C)CCC4)C1. The lowest BCUT2D eigenvalue weighted by Gasteiger charge is -2.36. The van der Waals surface area contributed by atoms with E-state index in [1.165, 1.54) is 28.6 Å². The molecule has 3 heterocycles. The smallest absolute Gasteiger partial charge is 0.262 e. The average Bonchev–Trinajstić information content (AvgIpc) is 3.18. The number of hydrogen-bond acceptors (Lipinski definition) is 5. The number of thiophene rings is 1. The number of aromatic nitrogens is 2. The molecule has 27 heavy (non-hydrogen) atoms. The molecule has 0 spiro atoms. The van der Waals surface area contributed by atoms with E-state index in [0.717, 1.165) is 42.6 Å². The van der Waals surface area contributed by atoms with Crippen LogP contribution in [0, 0.1) is 11.8 Å². The van der Waals surface area contributed by atoms with E-state index in [0.29, 0.717) is 17.0 Å². The zero-order valence-electron chi connectivity index (χ0n) is 16.4. The zero-order valence-corrected chi connectivity index (χ0v) is 18.1. The van der Waals surface area contributed by atoms with Crippen molar-refractivity contribution in [1.29, 1.82) is 0 Å². The predicted octanol–water partition coefficient (Wildman–Crippen LogP) is 3.47. The van der Waals surface area contributed by atoms with Crippen molar-refractivity contribution in [3.8, 4) is 0 Å². The summed E-state index contributed by atoms with van der Waals surface area (Å²) in [4.78, 5) is 34.8. The molecule has 1 fully saturated rings. The molecular weight excluding hydrogens is 378 g/mol. The summed E-state index contributed by atoms with van der Waals surface area (Å²) in [6, 6.07) is 0. The molecule has 3 atom stereocenters. The molecule has 146 valence electrons. The lowest BCUT2D eigenvalue weighted by Crippen LogP contribution is -2.45.